The Morgan fingerprint density at radius 3 is 2.62 bits per heavy atom. The van der Waals surface area contributed by atoms with E-state index in [9.17, 15) is 14.7 Å². The van der Waals surface area contributed by atoms with Crippen molar-refractivity contribution in [3.8, 4) is 0 Å². The van der Waals surface area contributed by atoms with Gasteiger partial charge in [0, 0.05) is 17.6 Å². The zero-order valence-electron chi connectivity index (χ0n) is 13.9. The number of aliphatic carboxylic acids is 1. The number of nitrogens with one attached hydrogen (secondary N) is 1. The number of hydrogen-bond donors (Lipinski definition) is 3. The van der Waals surface area contributed by atoms with Crippen LogP contribution < -0.4 is 5.32 Å². The molecule has 0 radical (unpaired) electrons. The van der Waals surface area contributed by atoms with Gasteiger partial charge in [-0.15, -0.1) is 0 Å². The largest absolute Gasteiger partial charge is 0.479 e. The first-order valence-electron chi connectivity index (χ1n) is 7.53. The molecule has 1 unspecified atom stereocenters. The number of aromatic nitrogens is 2. The van der Waals surface area contributed by atoms with E-state index in [0.717, 1.165) is 24.0 Å². The van der Waals surface area contributed by atoms with E-state index >= 15 is 0 Å². The van der Waals surface area contributed by atoms with Crippen LogP contribution in [0.5, 0.6) is 0 Å². The average Bonchev–Trinajstić information content (AvgIpc) is 2.82. The third kappa shape index (κ3) is 3.80. The van der Waals surface area contributed by atoms with E-state index in [1.165, 1.54) is 0 Å². The van der Waals surface area contributed by atoms with Crippen molar-refractivity contribution in [3.05, 3.63) is 53.1 Å². The van der Waals surface area contributed by atoms with E-state index < -0.39 is 17.5 Å². The summed E-state index contributed by atoms with van der Waals surface area (Å²) in [6, 6.07) is 7.38. The average molecular weight is 331 g/mol. The molecule has 2 rings (SSSR count). The van der Waals surface area contributed by atoms with E-state index in [-0.39, 0.29) is 6.54 Å². The highest BCUT2D eigenvalue weighted by molar-refractivity contribution is 5.96. The number of pyridine rings is 1. The molecule has 24 heavy (non-hydrogen) atoms. The maximum Gasteiger partial charge on any atom is 0.337 e. The minimum atomic E-state index is -2.00. The fourth-order valence-electron chi connectivity index (χ4n) is 2.35. The van der Waals surface area contributed by atoms with Gasteiger partial charge in [-0.2, -0.15) is 0 Å². The molecule has 0 bridgehead atoms. The summed E-state index contributed by atoms with van der Waals surface area (Å²) in [5.41, 5.74) is 0.971. The van der Waals surface area contributed by atoms with E-state index in [1.54, 1.807) is 12.3 Å². The van der Waals surface area contributed by atoms with Crippen LogP contribution in [-0.2, 0) is 11.3 Å². The quantitative estimate of drug-likeness (QED) is 0.735. The van der Waals surface area contributed by atoms with Crippen molar-refractivity contribution >= 4 is 11.9 Å². The number of carboxylic acid groups (broad SMARTS) is 1. The summed E-state index contributed by atoms with van der Waals surface area (Å²) in [5.74, 6) is -1.81. The monoisotopic (exact) mass is 331 g/mol. The summed E-state index contributed by atoms with van der Waals surface area (Å²) in [4.78, 5) is 27.5. The Bertz CT molecular complexity index is 751. The summed E-state index contributed by atoms with van der Waals surface area (Å²) >= 11 is 0. The van der Waals surface area contributed by atoms with Crippen LogP contribution in [0.25, 0.3) is 0 Å². The standard InChI is InChI=1S/C17H21N3O4/c1-11-8-14(15(21)19-10-17(3,24)16(22)23)12(2)20(11)9-13-6-4-5-7-18-13/h4-8,24H,9-10H2,1-3H3,(H,19,21)(H,22,23). The number of aliphatic hydroxyl groups is 1. The van der Waals surface area contributed by atoms with Crippen LogP contribution >= 0.6 is 0 Å². The van der Waals surface area contributed by atoms with Gasteiger partial charge in [0.25, 0.3) is 5.91 Å². The number of carbonyl (C=O) groups excluding carboxylic acids is 1. The van der Waals surface area contributed by atoms with Crippen molar-refractivity contribution in [3.63, 3.8) is 0 Å². The Labute approximate surface area is 140 Å². The number of nitrogens with zero attached hydrogens (tertiary/aromatic N) is 2. The SMILES string of the molecule is Cc1cc(C(=O)NCC(C)(O)C(=O)O)c(C)n1Cc1ccccn1. The van der Waals surface area contributed by atoms with E-state index in [0.29, 0.717) is 12.1 Å². The Hall–Kier alpha value is -2.67. The van der Waals surface area contributed by atoms with Gasteiger partial charge in [-0.1, -0.05) is 6.07 Å². The highest BCUT2D eigenvalue weighted by atomic mass is 16.4. The molecule has 7 nitrogen and oxygen atoms in total. The molecule has 7 heteroatoms. The van der Waals surface area contributed by atoms with Crippen LogP contribution in [0.3, 0.4) is 0 Å². The Morgan fingerprint density at radius 1 is 1.33 bits per heavy atom. The number of hydrogen-bond acceptors (Lipinski definition) is 4. The van der Waals surface area contributed by atoms with Crippen molar-refractivity contribution in [2.24, 2.45) is 0 Å². The lowest BCUT2D eigenvalue weighted by molar-refractivity contribution is -0.155. The van der Waals surface area contributed by atoms with Gasteiger partial charge in [-0.05, 0) is 39.0 Å². The third-order valence-electron chi connectivity index (χ3n) is 3.92. The van der Waals surface area contributed by atoms with Gasteiger partial charge in [0.15, 0.2) is 5.60 Å². The van der Waals surface area contributed by atoms with Crippen molar-refractivity contribution in [1.82, 2.24) is 14.9 Å². The molecular formula is C17H21N3O4. The molecule has 128 valence electrons. The predicted octanol–water partition coefficient (Wildman–Crippen LogP) is 1.11. The molecule has 0 saturated carbocycles. The zero-order valence-corrected chi connectivity index (χ0v) is 13.9. The van der Waals surface area contributed by atoms with Gasteiger partial charge in [0.05, 0.1) is 24.3 Å². The summed E-state index contributed by atoms with van der Waals surface area (Å²) in [5, 5.41) is 21.0. The molecular weight excluding hydrogens is 310 g/mol. The lowest BCUT2D eigenvalue weighted by Gasteiger charge is -2.18. The van der Waals surface area contributed by atoms with Gasteiger partial charge in [-0.25, -0.2) is 4.79 Å². The molecule has 0 saturated heterocycles. The highest BCUT2D eigenvalue weighted by Crippen LogP contribution is 2.17. The van der Waals surface area contributed by atoms with Crippen molar-refractivity contribution in [2.45, 2.75) is 32.9 Å². The van der Waals surface area contributed by atoms with Gasteiger partial charge in [-0.3, -0.25) is 9.78 Å². The zero-order chi connectivity index (χ0) is 17.9. The number of carboxylic acids is 1. The fraction of sp³-hybridized carbons (Fsp3) is 0.353. The summed E-state index contributed by atoms with van der Waals surface area (Å²) < 4.78 is 1.96. The number of carbonyl (C=O) groups is 2. The minimum absolute atomic E-state index is 0.370. The number of amides is 1. The predicted molar refractivity (Wildman–Crippen MR) is 87.8 cm³/mol. The molecule has 0 fully saturated rings. The second-order valence-electron chi connectivity index (χ2n) is 5.95. The van der Waals surface area contributed by atoms with Crippen molar-refractivity contribution < 1.29 is 19.8 Å². The molecule has 0 aliphatic heterocycles. The van der Waals surface area contributed by atoms with Crippen LogP contribution in [0.15, 0.2) is 30.5 Å². The second kappa shape index (κ2) is 6.84. The molecule has 0 aliphatic rings. The maximum absolute atomic E-state index is 12.3. The van der Waals surface area contributed by atoms with Gasteiger partial charge >= 0.3 is 5.97 Å². The molecule has 0 spiro atoms. The Morgan fingerprint density at radius 2 is 2.04 bits per heavy atom. The van der Waals surface area contributed by atoms with Crippen LogP contribution in [0.2, 0.25) is 0 Å². The van der Waals surface area contributed by atoms with Crippen molar-refractivity contribution in [1.29, 1.82) is 0 Å². The molecule has 0 aliphatic carbocycles. The first-order chi connectivity index (χ1) is 11.2. The van der Waals surface area contributed by atoms with Crippen LogP contribution in [0.4, 0.5) is 0 Å². The summed E-state index contributed by atoms with van der Waals surface area (Å²) in [6.07, 6.45) is 1.71. The highest BCUT2D eigenvalue weighted by Gasteiger charge is 2.30. The topological polar surface area (TPSA) is 104 Å². The normalized spacial score (nSPS) is 13.3. The first kappa shape index (κ1) is 17.7. The fourth-order valence-corrected chi connectivity index (χ4v) is 2.35. The number of aryl methyl sites for hydroxylation is 1. The number of rotatable bonds is 6. The van der Waals surface area contributed by atoms with Crippen LogP contribution in [0, 0.1) is 13.8 Å². The summed E-state index contributed by atoms with van der Waals surface area (Å²) in [6.45, 7) is 5.02. The third-order valence-corrected chi connectivity index (χ3v) is 3.92. The van der Waals surface area contributed by atoms with Gasteiger partial charge in [0.1, 0.15) is 0 Å². The van der Waals surface area contributed by atoms with Crippen LogP contribution in [0.1, 0.15) is 34.4 Å². The Balaban J connectivity index is 2.16. The first-order valence-corrected chi connectivity index (χ1v) is 7.53. The molecule has 2 heterocycles. The van der Waals surface area contributed by atoms with E-state index in [4.69, 9.17) is 5.11 Å². The van der Waals surface area contributed by atoms with E-state index in [1.807, 2.05) is 36.6 Å². The van der Waals surface area contributed by atoms with Crippen LogP contribution in [-0.4, -0.2) is 43.8 Å². The molecule has 3 N–H and O–H groups in total. The minimum Gasteiger partial charge on any atom is -0.479 e. The molecule has 0 aromatic carbocycles. The second-order valence-corrected chi connectivity index (χ2v) is 5.95. The lowest BCUT2D eigenvalue weighted by Crippen LogP contribution is -2.46. The van der Waals surface area contributed by atoms with Crippen molar-refractivity contribution in [2.75, 3.05) is 6.54 Å². The lowest BCUT2D eigenvalue weighted by atomic mass is 10.1. The van der Waals surface area contributed by atoms with Gasteiger partial charge in [0.2, 0.25) is 0 Å². The molecule has 1 amide bonds. The summed E-state index contributed by atoms with van der Waals surface area (Å²) in [7, 11) is 0. The molecule has 2 aromatic heterocycles. The maximum atomic E-state index is 12.3. The van der Waals surface area contributed by atoms with Gasteiger partial charge < -0.3 is 20.1 Å². The molecule has 1 atom stereocenters. The molecule has 2 aromatic rings. The van der Waals surface area contributed by atoms with E-state index in [2.05, 4.69) is 10.3 Å². The Kier molecular flexibility index (Phi) is 5.04. The smallest absolute Gasteiger partial charge is 0.337 e.